The van der Waals surface area contributed by atoms with Crippen molar-refractivity contribution >= 4 is 17.7 Å². The second kappa shape index (κ2) is 6.16. The molecule has 1 aromatic carbocycles. The lowest BCUT2D eigenvalue weighted by Crippen LogP contribution is -2.55. The van der Waals surface area contributed by atoms with E-state index in [4.69, 9.17) is 5.11 Å². The lowest BCUT2D eigenvalue weighted by molar-refractivity contribution is -0.139. The maximum Gasteiger partial charge on any atom is 0.319 e. The molecule has 1 saturated carbocycles. The van der Waals surface area contributed by atoms with Crippen molar-refractivity contribution in [3.63, 3.8) is 0 Å². The summed E-state index contributed by atoms with van der Waals surface area (Å²) >= 11 is 0. The van der Waals surface area contributed by atoms with Crippen molar-refractivity contribution in [1.29, 1.82) is 0 Å². The van der Waals surface area contributed by atoms with Crippen molar-refractivity contribution in [3.05, 3.63) is 29.8 Å². The molecule has 0 atom stereocenters. The summed E-state index contributed by atoms with van der Waals surface area (Å²) in [7, 11) is 0. The second-order valence-corrected chi connectivity index (χ2v) is 6.03. The summed E-state index contributed by atoms with van der Waals surface area (Å²) in [6.45, 7) is 4.13. The zero-order chi connectivity index (χ0) is 15.5. The van der Waals surface area contributed by atoms with Crippen LogP contribution < -0.4 is 10.6 Å². The number of urea groups is 1. The van der Waals surface area contributed by atoms with Crippen molar-refractivity contribution in [2.24, 2.45) is 0 Å². The van der Waals surface area contributed by atoms with Crippen LogP contribution in [0.5, 0.6) is 0 Å². The SMILES string of the molecule is CC(C)c1ccccc1NC(=O)NC1(CC(=O)O)CCC1. The normalized spacial score (nSPS) is 16.1. The van der Waals surface area contributed by atoms with Crippen LogP contribution >= 0.6 is 0 Å². The first-order chi connectivity index (χ1) is 9.92. The van der Waals surface area contributed by atoms with Crippen molar-refractivity contribution < 1.29 is 14.7 Å². The van der Waals surface area contributed by atoms with Gasteiger partial charge in [-0.25, -0.2) is 4.79 Å². The molecule has 0 aliphatic heterocycles. The standard InChI is InChI=1S/C16H22N2O3/c1-11(2)12-6-3-4-7-13(12)17-15(21)18-16(8-5-9-16)10-14(19)20/h3-4,6-7,11H,5,8-10H2,1-2H3,(H,19,20)(H2,17,18,21). The van der Waals surface area contributed by atoms with Gasteiger partial charge in [0.15, 0.2) is 0 Å². The van der Waals surface area contributed by atoms with Gasteiger partial charge in [-0.05, 0) is 36.8 Å². The smallest absolute Gasteiger partial charge is 0.319 e. The minimum absolute atomic E-state index is 0.0216. The van der Waals surface area contributed by atoms with Crippen molar-refractivity contribution in [3.8, 4) is 0 Å². The van der Waals surface area contributed by atoms with E-state index in [2.05, 4.69) is 24.5 Å². The first kappa shape index (κ1) is 15.4. The number of benzene rings is 1. The van der Waals surface area contributed by atoms with E-state index in [9.17, 15) is 9.59 Å². The number of aliphatic carboxylic acids is 1. The van der Waals surface area contributed by atoms with E-state index in [1.165, 1.54) is 0 Å². The average molecular weight is 290 g/mol. The van der Waals surface area contributed by atoms with Gasteiger partial charge in [-0.2, -0.15) is 0 Å². The fourth-order valence-corrected chi connectivity index (χ4v) is 2.75. The molecular weight excluding hydrogens is 268 g/mol. The zero-order valence-electron chi connectivity index (χ0n) is 12.5. The third-order valence-electron chi connectivity index (χ3n) is 4.01. The third kappa shape index (κ3) is 3.74. The monoisotopic (exact) mass is 290 g/mol. The van der Waals surface area contributed by atoms with Crippen LogP contribution in [0.2, 0.25) is 0 Å². The first-order valence-corrected chi connectivity index (χ1v) is 7.32. The molecule has 0 saturated heterocycles. The highest BCUT2D eigenvalue weighted by molar-refractivity contribution is 5.91. The quantitative estimate of drug-likeness (QED) is 0.778. The van der Waals surface area contributed by atoms with Gasteiger partial charge >= 0.3 is 12.0 Å². The average Bonchev–Trinajstić information content (AvgIpc) is 2.35. The summed E-state index contributed by atoms with van der Waals surface area (Å²) in [4.78, 5) is 23.1. The molecule has 5 nitrogen and oxygen atoms in total. The number of rotatable bonds is 5. The lowest BCUT2D eigenvalue weighted by Gasteiger charge is -2.41. The van der Waals surface area contributed by atoms with E-state index < -0.39 is 11.5 Å². The molecule has 114 valence electrons. The Labute approximate surface area is 124 Å². The number of hydrogen-bond donors (Lipinski definition) is 3. The highest BCUT2D eigenvalue weighted by atomic mass is 16.4. The van der Waals surface area contributed by atoms with Gasteiger partial charge in [0.2, 0.25) is 0 Å². The molecule has 2 rings (SSSR count). The van der Waals surface area contributed by atoms with E-state index in [-0.39, 0.29) is 12.5 Å². The molecule has 0 unspecified atom stereocenters. The van der Waals surface area contributed by atoms with Crippen LogP contribution in [0.4, 0.5) is 10.5 Å². The summed E-state index contributed by atoms with van der Waals surface area (Å²) in [5.41, 5.74) is 1.26. The topological polar surface area (TPSA) is 78.4 Å². The number of amides is 2. The van der Waals surface area contributed by atoms with Crippen LogP contribution in [0.3, 0.4) is 0 Å². The van der Waals surface area contributed by atoms with Gasteiger partial charge < -0.3 is 15.7 Å². The Kier molecular flexibility index (Phi) is 4.50. The number of nitrogens with one attached hydrogen (secondary N) is 2. The molecule has 1 aliphatic rings. The summed E-state index contributed by atoms with van der Waals surface area (Å²) in [5, 5.41) is 14.7. The number of para-hydroxylation sites is 1. The molecule has 3 N–H and O–H groups in total. The summed E-state index contributed by atoms with van der Waals surface area (Å²) < 4.78 is 0. The van der Waals surface area contributed by atoms with Gasteiger partial charge in [0.05, 0.1) is 12.0 Å². The number of carbonyl (C=O) groups excluding carboxylic acids is 1. The highest BCUT2D eigenvalue weighted by Gasteiger charge is 2.40. The van der Waals surface area contributed by atoms with Gasteiger partial charge in [-0.3, -0.25) is 4.79 Å². The van der Waals surface area contributed by atoms with Crippen LogP contribution in [0.1, 0.15) is 51.0 Å². The van der Waals surface area contributed by atoms with Gasteiger partial charge in [0, 0.05) is 5.69 Å². The number of carboxylic acid groups (broad SMARTS) is 1. The molecule has 0 aromatic heterocycles. The molecule has 0 heterocycles. The molecular formula is C16H22N2O3. The predicted octanol–water partition coefficient (Wildman–Crippen LogP) is 3.33. The fraction of sp³-hybridized carbons (Fsp3) is 0.500. The zero-order valence-corrected chi connectivity index (χ0v) is 12.5. The molecule has 5 heteroatoms. The highest BCUT2D eigenvalue weighted by Crippen LogP contribution is 2.35. The van der Waals surface area contributed by atoms with E-state index in [0.29, 0.717) is 5.92 Å². The maximum atomic E-state index is 12.2. The van der Waals surface area contributed by atoms with Crippen LogP contribution in [0, 0.1) is 0 Å². The number of hydrogen-bond acceptors (Lipinski definition) is 2. The first-order valence-electron chi connectivity index (χ1n) is 7.32. The molecule has 1 fully saturated rings. The van der Waals surface area contributed by atoms with E-state index in [1.54, 1.807) is 0 Å². The Morgan fingerprint density at radius 1 is 1.29 bits per heavy atom. The second-order valence-electron chi connectivity index (χ2n) is 6.03. The van der Waals surface area contributed by atoms with Gasteiger partial charge in [0.25, 0.3) is 0 Å². The minimum Gasteiger partial charge on any atom is -0.481 e. The lowest BCUT2D eigenvalue weighted by atomic mass is 9.74. The fourth-order valence-electron chi connectivity index (χ4n) is 2.75. The summed E-state index contributed by atoms with van der Waals surface area (Å²) in [5.74, 6) is -0.573. The number of anilines is 1. The van der Waals surface area contributed by atoms with Crippen LogP contribution in [0.15, 0.2) is 24.3 Å². The van der Waals surface area contributed by atoms with Crippen LogP contribution in [-0.2, 0) is 4.79 Å². The molecule has 0 spiro atoms. The largest absolute Gasteiger partial charge is 0.481 e. The van der Waals surface area contributed by atoms with Gasteiger partial charge in [0.1, 0.15) is 0 Å². The maximum absolute atomic E-state index is 12.2. The van der Waals surface area contributed by atoms with Crippen LogP contribution in [-0.4, -0.2) is 22.6 Å². The van der Waals surface area contributed by atoms with Gasteiger partial charge in [-0.15, -0.1) is 0 Å². The Morgan fingerprint density at radius 3 is 2.48 bits per heavy atom. The molecule has 0 bridgehead atoms. The predicted molar refractivity (Wildman–Crippen MR) is 81.5 cm³/mol. The van der Waals surface area contributed by atoms with Crippen LogP contribution in [0.25, 0.3) is 0 Å². The molecule has 2 amide bonds. The van der Waals surface area contributed by atoms with E-state index in [0.717, 1.165) is 30.5 Å². The third-order valence-corrected chi connectivity index (χ3v) is 4.01. The van der Waals surface area contributed by atoms with Crippen molar-refractivity contribution in [1.82, 2.24) is 5.32 Å². The minimum atomic E-state index is -0.877. The molecule has 1 aromatic rings. The molecule has 21 heavy (non-hydrogen) atoms. The van der Waals surface area contributed by atoms with Crippen molar-refractivity contribution in [2.45, 2.75) is 51.0 Å². The van der Waals surface area contributed by atoms with E-state index >= 15 is 0 Å². The Balaban J connectivity index is 2.03. The molecule has 0 radical (unpaired) electrons. The summed E-state index contributed by atoms with van der Waals surface area (Å²) in [6.07, 6.45) is 2.37. The van der Waals surface area contributed by atoms with Gasteiger partial charge in [-0.1, -0.05) is 32.0 Å². The Bertz CT molecular complexity index is 536. The number of carbonyl (C=O) groups is 2. The Hall–Kier alpha value is -2.04. The van der Waals surface area contributed by atoms with E-state index in [1.807, 2.05) is 24.3 Å². The Morgan fingerprint density at radius 2 is 1.95 bits per heavy atom. The van der Waals surface area contributed by atoms with Crippen molar-refractivity contribution in [2.75, 3.05) is 5.32 Å². The summed E-state index contributed by atoms with van der Waals surface area (Å²) in [6, 6.07) is 7.33. The number of carboxylic acids is 1. The molecule has 1 aliphatic carbocycles.